The number of anilines is 2. The van der Waals surface area contributed by atoms with E-state index in [0.29, 0.717) is 19.0 Å². The van der Waals surface area contributed by atoms with Gasteiger partial charge in [-0.25, -0.2) is 9.78 Å². The van der Waals surface area contributed by atoms with E-state index in [4.69, 9.17) is 4.74 Å². The van der Waals surface area contributed by atoms with Gasteiger partial charge in [0.1, 0.15) is 11.6 Å². The number of pyridine rings is 1. The third-order valence-corrected chi connectivity index (χ3v) is 4.05. The minimum atomic E-state index is -0.366. The molecule has 0 saturated carbocycles. The van der Waals surface area contributed by atoms with Crippen molar-refractivity contribution >= 4 is 23.4 Å². The number of amides is 3. The molecule has 1 atom stereocenters. The summed E-state index contributed by atoms with van der Waals surface area (Å²) in [5.41, 5.74) is 1.61. The van der Waals surface area contributed by atoms with Gasteiger partial charge in [0.2, 0.25) is 5.91 Å². The summed E-state index contributed by atoms with van der Waals surface area (Å²) in [4.78, 5) is 30.3. The van der Waals surface area contributed by atoms with Crippen LogP contribution in [-0.4, -0.2) is 36.1 Å². The van der Waals surface area contributed by atoms with Crippen LogP contribution in [0.2, 0.25) is 0 Å². The number of nitrogens with zero attached hydrogens (tertiary/aromatic N) is 2. The lowest BCUT2D eigenvalue weighted by Gasteiger charge is -2.18. The number of carbonyl (C=O) groups is 2. The third kappa shape index (κ3) is 4.30. The Labute approximate surface area is 152 Å². The molecule has 0 radical (unpaired) electrons. The average Bonchev–Trinajstić information content (AvgIpc) is 2.96. The van der Waals surface area contributed by atoms with Gasteiger partial charge in [-0.3, -0.25) is 10.1 Å². The molecule has 3 amide bonds. The van der Waals surface area contributed by atoms with Gasteiger partial charge in [-0.2, -0.15) is 0 Å². The van der Waals surface area contributed by atoms with Crippen molar-refractivity contribution in [3.05, 3.63) is 48.2 Å². The van der Waals surface area contributed by atoms with Crippen molar-refractivity contribution in [2.45, 2.75) is 26.3 Å². The Morgan fingerprint density at radius 3 is 2.73 bits per heavy atom. The van der Waals surface area contributed by atoms with E-state index in [1.807, 2.05) is 50.2 Å². The molecule has 1 saturated heterocycles. The largest absolute Gasteiger partial charge is 0.494 e. The minimum absolute atomic E-state index is 0.0202. The molecule has 1 aliphatic rings. The van der Waals surface area contributed by atoms with Crippen molar-refractivity contribution in [2.24, 2.45) is 0 Å². The number of rotatable bonds is 5. The first-order chi connectivity index (χ1) is 12.5. The number of aryl methyl sites for hydroxylation is 1. The second kappa shape index (κ2) is 7.86. The summed E-state index contributed by atoms with van der Waals surface area (Å²) in [6.07, 6.45) is 0.266. The van der Waals surface area contributed by atoms with Gasteiger partial charge in [-0.15, -0.1) is 0 Å². The monoisotopic (exact) mass is 354 g/mol. The first kappa shape index (κ1) is 17.7. The molecule has 7 heteroatoms. The Morgan fingerprint density at radius 1 is 1.27 bits per heavy atom. The van der Waals surface area contributed by atoms with Crippen LogP contribution < -0.4 is 20.3 Å². The van der Waals surface area contributed by atoms with E-state index in [-0.39, 0.29) is 24.4 Å². The van der Waals surface area contributed by atoms with E-state index in [1.165, 1.54) is 0 Å². The molecular weight excluding hydrogens is 332 g/mol. The summed E-state index contributed by atoms with van der Waals surface area (Å²) in [7, 11) is 0. The van der Waals surface area contributed by atoms with Gasteiger partial charge in [0.15, 0.2) is 0 Å². The fourth-order valence-electron chi connectivity index (χ4n) is 2.89. The maximum atomic E-state index is 12.3. The number of aromatic nitrogens is 1. The molecule has 1 aromatic heterocycles. The van der Waals surface area contributed by atoms with Gasteiger partial charge in [0.05, 0.1) is 12.6 Å². The van der Waals surface area contributed by atoms with Crippen LogP contribution in [0.5, 0.6) is 5.75 Å². The number of carbonyl (C=O) groups excluding carboxylic acids is 2. The topological polar surface area (TPSA) is 83.6 Å². The van der Waals surface area contributed by atoms with Gasteiger partial charge in [-0.05, 0) is 50.2 Å². The fourth-order valence-corrected chi connectivity index (χ4v) is 2.89. The quantitative estimate of drug-likeness (QED) is 0.865. The van der Waals surface area contributed by atoms with Crippen LogP contribution in [0.15, 0.2) is 42.5 Å². The molecule has 26 heavy (non-hydrogen) atoms. The number of benzene rings is 1. The molecule has 2 N–H and O–H groups in total. The fraction of sp³-hybridized carbons (Fsp3) is 0.316. The predicted molar refractivity (Wildman–Crippen MR) is 99.5 cm³/mol. The summed E-state index contributed by atoms with van der Waals surface area (Å²) in [5, 5.41) is 5.52. The smallest absolute Gasteiger partial charge is 0.320 e. The van der Waals surface area contributed by atoms with Crippen molar-refractivity contribution < 1.29 is 14.3 Å². The van der Waals surface area contributed by atoms with E-state index in [9.17, 15) is 9.59 Å². The molecule has 136 valence electrons. The van der Waals surface area contributed by atoms with Crippen LogP contribution in [0.25, 0.3) is 0 Å². The normalized spacial score (nSPS) is 16.5. The van der Waals surface area contributed by atoms with Gasteiger partial charge in [-0.1, -0.05) is 6.07 Å². The zero-order valence-corrected chi connectivity index (χ0v) is 14.9. The lowest BCUT2D eigenvalue weighted by Crippen LogP contribution is -2.39. The number of nitrogens with one attached hydrogen (secondary N) is 2. The molecule has 1 aliphatic heterocycles. The second-order valence-corrected chi connectivity index (χ2v) is 6.09. The maximum absolute atomic E-state index is 12.3. The van der Waals surface area contributed by atoms with Crippen LogP contribution in [0.1, 0.15) is 19.0 Å². The SMILES string of the molecule is CCOc1ccc(N2C[C@@H](NC(=O)Nc3cccc(C)n3)CC2=O)cc1. The first-order valence-electron chi connectivity index (χ1n) is 8.59. The molecule has 3 rings (SSSR count). The van der Waals surface area contributed by atoms with Crippen LogP contribution in [0.4, 0.5) is 16.3 Å². The first-order valence-corrected chi connectivity index (χ1v) is 8.59. The van der Waals surface area contributed by atoms with Gasteiger partial charge in [0, 0.05) is 24.3 Å². The molecule has 0 aliphatic carbocycles. The Morgan fingerprint density at radius 2 is 2.04 bits per heavy atom. The van der Waals surface area contributed by atoms with Gasteiger partial charge in [0.25, 0.3) is 0 Å². The Bertz CT molecular complexity index is 792. The summed E-state index contributed by atoms with van der Waals surface area (Å²) >= 11 is 0. The zero-order chi connectivity index (χ0) is 18.5. The molecule has 1 fully saturated rings. The molecule has 0 bridgehead atoms. The average molecular weight is 354 g/mol. The lowest BCUT2D eigenvalue weighted by atomic mass is 10.2. The van der Waals surface area contributed by atoms with Gasteiger partial charge >= 0.3 is 6.03 Å². The number of hydrogen-bond acceptors (Lipinski definition) is 4. The van der Waals surface area contributed by atoms with Crippen molar-refractivity contribution in [1.82, 2.24) is 10.3 Å². The van der Waals surface area contributed by atoms with Crippen molar-refractivity contribution in [2.75, 3.05) is 23.4 Å². The van der Waals surface area contributed by atoms with E-state index in [1.54, 1.807) is 11.0 Å². The molecule has 1 aromatic carbocycles. The summed E-state index contributed by atoms with van der Waals surface area (Å²) in [5.74, 6) is 1.23. The molecule has 2 heterocycles. The van der Waals surface area contributed by atoms with Crippen LogP contribution in [-0.2, 0) is 4.79 Å². The Hall–Kier alpha value is -3.09. The van der Waals surface area contributed by atoms with Crippen molar-refractivity contribution in [3.8, 4) is 5.75 Å². The number of ether oxygens (including phenoxy) is 1. The second-order valence-electron chi connectivity index (χ2n) is 6.09. The van der Waals surface area contributed by atoms with E-state index >= 15 is 0 Å². The van der Waals surface area contributed by atoms with E-state index in [2.05, 4.69) is 15.6 Å². The highest BCUT2D eigenvalue weighted by Crippen LogP contribution is 2.24. The summed E-state index contributed by atoms with van der Waals surface area (Å²) < 4.78 is 5.41. The zero-order valence-electron chi connectivity index (χ0n) is 14.9. The molecule has 7 nitrogen and oxygen atoms in total. The highest BCUT2D eigenvalue weighted by molar-refractivity contribution is 5.97. The highest BCUT2D eigenvalue weighted by atomic mass is 16.5. The van der Waals surface area contributed by atoms with Crippen LogP contribution in [0.3, 0.4) is 0 Å². The van der Waals surface area contributed by atoms with Gasteiger partial charge < -0.3 is 15.0 Å². The predicted octanol–water partition coefficient (Wildman–Crippen LogP) is 2.72. The molecular formula is C19H22N4O3. The molecule has 2 aromatic rings. The highest BCUT2D eigenvalue weighted by Gasteiger charge is 2.31. The number of urea groups is 1. The van der Waals surface area contributed by atoms with E-state index < -0.39 is 0 Å². The van der Waals surface area contributed by atoms with Crippen LogP contribution in [0, 0.1) is 6.92 Å². The van der Waals surface area contributed by atoms with Crippen LogP contribution >= 0.6 is 0 Å². The molecule has 0 unspecified atom stereocenters. The third-order valence-electron chi connectivity index (χ3n) is 4.05. The number of hydrogen-bond donors (Lipinski definition) is 2. The minimum Gasteiger partial charge on any atom is -0.494 e. The standard InChI is InChI=1S/C19H22N4O3/c1-3-26-16-9-7-15(8-10-16)23-12-14(11-18(23)24)21-19(25)22-17-6-4-5-13(2)20-17/h4-10,14H,3,11-12H2,1-2H3,(H2,20,21,22,25)/t14-/m0/s1. The van der Waals surface area contributed by atoms with Crippen molar-refractivity contribution in [3.63, 3.8) is 0 Å². The summed E-state index contributed by atoms with van der Waals surface area (Å²) in [6.45, 7) is 4.80. The molecule has 0 spiro atoms. The maximum Gasteiger partial charge on any atom is 0.320 e. The Kier molecular flexibility index (Phi) is 5.36. The summed E-state index contributed by atoms with van der Waals surface area (Å²) in [6, 6.07) is 12.2. The lowest BCUT2D eigenvalue weighted by molar-refractivity contribution is -0.117. The van der Waals surface area contributed by atoms with E-state index in [0.717, 1.165) is 17.1 Å². The van der Waals surface area contributed by atoms with Crippen molar-refractivity contribution in [1.29, 1.82) is 0 Å². The Balaban J connectivity index is 1.58.